The Kier molecular flexibility index (Phi) is 3.61. The Hall–Kier alpha value is -0.870. The van der Waals surface area contributed by atoms with Crippen LogP contribution in [-0.4, -0.2) is 22.6 Å². The maximum Gasteiger partial charge on any atom is 0.120 e. The monoisotopic (exact) mass is 223 g/mol. The zero-order chi connectivity index (χ0) is 11.5. The predicted octanol–water partition coefficient (Wildman–Crippen LogP) is 1.93. The number of rotatable bonds is 4. The molecule has 0 aromatic carbocycles. The third-order valence-electron chi connectivity index (χ3n) is 2.89. The van der Waals surface area contributed by atoms with Gasteiger partial charge in [-0.15, -0.1) is 0 Å². The van der Waals surface area contributed by atoms with Gasteiger partial charge in [0.15, 0.2) is 0 Å². The predicted molar refractivity (Wildman–Crippen MR) is 63.3 cm³/mol. The maximum atomic E-state index is 5.75. The van der Waals surface area contributed by atoms with Crippen molar-refractivity contribution in [2.45, 2.75) is 52.4 Å². The maximum absolute atomic E-state index is 5.75. The van der Waals surface area contributed by atoms with Gasteiger partial charge in [0.2, 0.25) is 0 Å². The Bertz CT molecular complexity index is 348. The normalized spacial score (nSPS) is 24.4. The number of H-pyrrole nitrogens is 1. The molecule has 2 heterocycles. The van der Waals surface area contributed by atoms with Crippen molar-refractivity contribution in [2.24, 2.45) is 0 Å². The highest BCUT2D eigenvalue weighted by atomic mass is 16.5. The molecular formula is C12H21N3O. The summed E-state index contributed by atoms with van der Waals surface area (Å²) < 4.78 is 5.75. The first kappa shape index (κ1) is 11.6. The van der Waals surface area contributed by atoms with Crippen LogP contribution in [0.1, 0.15) is 50.5 Å². The molecule has 0 bridgehead atoms. The lowest BCUT2D eigenvalue weighted by Gasteiger charge is -2.23. The molecule has 0 aliphatic carbocycles. The number of aromatic amines is 1. The molecule has 1 aliphatic rings. The lowest BCUT2D eigenvalue weighted by Crippen LogP contribution is -2.21. The molecule has 0 fully saturated rings. The summed E-state index contributed by atoms with van der Waals surface area (Å²) in [7, 11) is 0. The summed E-state index contributed by atoms with van der Waals surface area (Å²) in [5, 5.41) is 3.35. The van der Waals surface area contributed by atoms with Gasteiger partial charge >= 0.3 is 0 Å². The Balaban J connectivity index is 2.05. The van der Waals surface area contributed by atoms with Gasteiger partial charge in [-0.2, -0.15) is 0 Å². The molecule has 1 aliphatic heterocycles. The van der Waals surface area contributed by atoms with Crippen LogP contribution in [0.4, 0.5) is 0 Å². The molecular weight excluding hydrogens is 202 g/mol. The van der Waals surface area contributed by atoms with Gasteiger partial charge in [0.25, 0.3) is 0 Å². The zero-order valence-electron chi connectivity index (χ0n) is 10.3. The third kappa shape index (κ3) is 2.44. The smallest absolute Gasteiger partial charge is 0.120 e. The minimum atomic E-state index is 0.120. The van der Waals surface area contributed by atoms with Crippen LogP contribution < -0.4 is 5.32 Å². The highest BCUT2D eigenvalue weighted by Crippen LogP contribution is 2.27. The molecule has 2 atom stereocenters. The Morgan fingerprint density at radius 1 is 1.50 bits per heavy atom. The van der Waals surface area contributed by atoms with E-state index < -0.39 is 0 Å². The standard InChI is InChI=1S/C12H21N3O/c1-4-5-13-7-11-14-10-6-8(2)16-9(3)12(10)15-11/h8-9,13H,4-7H2,1-3H3,(H,14,15). The molecule has 1 aromatic rings. The molecule has 2 rings (SSSR count). The van der Waals surface area contributed by atoms with Crippen LogP contribution in [0.3, 0.4) is 0 Å². The van der Waals surface area contributed by atoms with E-state index in [4.69, 9.17) is 4.74 Å². The first-order chi connectivity index (χ1) is 7.70. The molecule has 0 amide bonds. The highest BCUT2D eigenvalue weighted by molar-refractivity contribution is 5.20. The van der Waals surface area contributed by atoms with Gasteiger partial charge in [0.05, 0.1) is 24.4 Å². The number of fused-ring (bicyclic) bond motifs is 1. The summed E-state index contributed by atoms with van der Waals surface area (Å²) in [6.07, 6.45) is 2.51. The van der Waals surface area contributed by atoms with Crippen molar-refractivity contribution >= 4 is 0 Å². The minimum Gasteiger partial charge on any atom is -0.369 e. The van der Waals surface area contributed by atoms with Crippen molar-refractivity contribution in [1.29, 1.82) is 0 Å². The van der Waals surface area contributed by atoms with Gasteiger partial charge in [-0.3, -0.25) is 0 Å². The fourth-order valence-corrected chi connectivity index (χ4v) is 2.19. The van der Waals surface area contributed by atoms with Crippen molar-refractivity contribution in [3.05, 3.63) is 17.2 Å². The molecule has 0 saturated heterocycles. The zero-order valence-corrected chi connectivity index (χ0v) is 10.3. The number of nitrogens with one attached hydrogen (secondary N) is 2. The van der Waals surface area contributed by atoms with Gasteiger partial charge in [0, 0.05) is 12.1 Å². The van der Waals surface area contributed by atoms with Crippen LogP contribution in [0, 0.1) is 0 Å². The number of nitrogens with zero attached hydrogens (tertiary/aromatic N) is 1. The average Bonchev–Trinajstić information content (AvgIpc) is 2.61. The largest absolute Gasteiger partial charge is 0.369 e. The summed E-state index contributed by atoms with van der Waals surface area (Å²) in [6.45, 7) is 8.20. The van der Waals surface area contributed by atoms with Gasteiger partial charge in [-0.1, -0.05) is 6.92 Å². The number of hydrogen-bond acceptors (Lipinski definition) is 3. The van der Waals surface area contributed by atoms with Gasteiger partial charge in [0.1, 0.15) is 5.82 Å². The Morgan fingerprint density at radius 2 is 2.31 bits per heavy atom. The quantitative estimate of drug-likeness (QED) is 0.767. The minimum absolute atomic E-state index is 0.120. The molecule has 0 spiro atoms. The molecule has 16 heavy (non-hydrogen) atoms. The topological polar surface area (TPSA) is 49.9 Å². The van der Waals surface area contributed by atoms with Crippen LogP contribution in [0.15, 0.2) is 0 Å². The van der Waals surface area contributed by atoms with E-state index in [1.165, 1.54) is 5.69 Å². The first-order valence-electron chi connectivity index (χ1n) is 6.14. The number of aromatic nitrogens is 2. The van der Waals surface area contributed by atoms with E-state index in [0.29, 0.717) is 6.10 Å². The van der Waals surface area contributed by atoms with Crippen molar-refractivity contribution in [1.82, 2.24) is 15.3 Å². The molecule has 0 radical (unpaired) electrons. The van der Waals surface area contributed by atoms with Crippen LogP contribution >= 0.6 is 0 Å². The second kappa shape index (κ2) is 4.97. The van der Waals surface area contributed by atoms with Gasteiger partial charge in [-0.05, 0) is 26.8 Å². The Labute approximate surface area is 96.8 Å². The van der Waals surface area contributed by atoms with E-state index in [9.17, 15) is 0 Å². The lowest BCUT2D eigenvalue weighted by molar-refractivity contribution is -0.00757. The van der Waals surface area contributed by atoms with E-state index in [-0.39, 0.29) is 6.10 Å². The van der Waals surface area contributed by atoms with Crippen LogP contribution in [0.5, 0.6) is 0 Å². The van der Waals surface area contributed by atoms with E-state index in [1.54, 1.807) is 0 Å². The van der Waals surface area contributed by atoms with E-state index in [0.717, 1.165) is 37.4 Å². The number of ether oxygens (including phenoxy) is 1. The first-order valence-corrected chi connectivity index (χ1v) is 6.14. The lowest BCUT2D eigenvalue weighted by atomic mass is 10.1. The molecule has 4 heteroatoms. The fourth-order valence-electron chi connectivity index (χ4n) is 2.19. The Morgan fingerprint density at radius 3 is 3.06 bits per heavy atom. The van der Waals surface area contributed by atoms with Crippen molar-refractivity contribution in [2.75, 3.05) is 6.54 Å². The van der Waals surface area contributed by atoms with E-state index in [2.05, 4.69) is 36.1 Å². The summed E-state index contributed by atoms with van der Waals surface area (Å²) in [6, 6.07) is 0. The molecule has 90 valence electrons. The molecule has 1 aromatic heterocycles. The average molecular weight is 223 g/mol. The third-order valence-corrected chi connectivity index (χ3v) is 2.89. The fraction of sp³-hybridized carbons (Fsp3) is 0.750. The SMILES string of the molecule is CCCNCc1nc2c([nH]1)CC(C)OC2C. The van der Waals surface area contributed by atoms with E-state index >= 15 is 0 Å². The van der Waals surface area contributed by atoms with Crippen molar-refractivity contribution in [3.8, 4) is 0 Å². The van der Waals surface area contributed by atoms with Crippen molar-refractivity contribution in [3.63, 3.8) is 0 Å². The highest BCUT2D eigenvalue weighted by Gasteiger charge is 2.25. The summed E-state index contributed by atoms with van der Waals surface area (Å²) in [5.41, 5.74) is 2.34. The number of hydrogen-bond donors (Lipinski definition) is 2. The molecule has 4 nitrogen and oxygen atoms in total. The van der Waals surface area contributed by atoms with Gasteiger partial charge in [-0.25, -0.2) is 4.98 Å². The molecule has 0 saturated carbocycles. The number of imidazole rings is 1. The van der Waals surface area contributed by atoms with E-state index in [1.807, 2.05) is 0 Å². The second-order valence-corrected chi connectivity index (χ2v) is 4.52. The van der Waals surface area contributed by atoms with Crippen LogP contribution in [0.25, 0.3) is 0 Å². The second-order valence-electron chi connectivity index (χ2n) is 4.52. The van der Waals surface area contributed by atoms with Gasteiger partial charge < -0.3 is 15.0 Å². The summed E-state index contributed by atoms with van der Waals surface area (Å²) in [4.78, 5) is 7.99. The van der Waals surface area contributed by atoms with Crippen molar-refractivity contribution < 1.29 is 4.74 Å². The van der Waals surface area contributed by atoms with Crippen LogP contribution in [0.2, 0.25) is 0 Å². The van der Waals surface area contributed by atoms with Crippen LogP contribution in [-0.2, 0) is 17.7 Å². The molecule has 2 unspecified atom stereocenters. The summed E-state index contributed by atoms with van der Waals surface area (Å²) >= 11 is 0. The summed E-state index contributed by atoms with van der Waals surface area (Å²) in [5.74, 6) is 1.03. The molecule has 2 N–H and O–H groups in total.